The summed E-state index contributed by atoms with van der Waals surface area (Å²) in [5.41, 5.74) is 3.04. The van der Waals surface area contributed by atoms with Gasteiger partial charge in [-0.15, -0.1) is 0 Å². The van der Waals surface area contributed by atoms with Crippen LogP contribution >= 0.6 is 27.5 Å². The number of nitrogens with one attached hydrogen (secondary N) is 2. The SMILES string of the molecule is CNc1cc(C)ccc1C(=O)Nc1ccc(Br)cc1Cl. The second-order valence-electron chi connectivity index (χ2n) is 4.38. The van der Waals surface area contributed by atoms with Crippen LogP contribution in [0.3, 0.4) is 0 Å². The predicted molar refractivity (Wildman–Crippen MR) is 87.8 cm³/mol. The Morgan fingerprint density at radius 2 is 1.90 bits per heavy atom. The highest BCUT2D eigenvalue weighted by molar-refractivity contribution is 9.10. The summed E-state index contributed by atoms with van der Waals surface area (Å²) in [6.45, 7) is 1.98. The fraction of sp³-hybridized carbons (Fsp3) is 0.133. The van der Waals surface area contributed by atoms with Gasteiger partial charge in [0.15, 0.2) is 0 Å². The highest BCUT2D eigenvalue weighted by atomic mass is 79.9. The standard InChI is InChI=1S/C15H14BrClN2O/c1-9-3-5-11(14(7-9)18-2)15(20)19-13-6-4-10(16)8-12(13)17/h3-8,18H,1-2H3,(H,19,20). The van der Waals surface area contributed by atoms with Gasteiger partial charge in [-0.05, 0) is 42.8 Å². The van der Waals surface area contributed by atoms with Crippen LogP contribution in [0.25, 0.3) is 0 Å². The lowest BCUT2D eigenvalue weighted by Crippen LogP contribution is -2.14. The van der Waals surface area contributed by atoms with E-state index in [0.29, 0.717) is 16.3 Å². The Kier molecular flexibility index (Phi) is 4.68. The highest BCUT2D eigenvalue weighted by Crippen LogP contribution is 2.27. The van der Waals surface area contributed by atoms with E-state index in [-0.39, 0.29) is 5.91 Å². The summed E-state index contributed by atoms with van der Waals surface area (Å²) in [5, 5.41) is 6.33. The normalized spacial score (nSPS) is 10.2. The third-order valence-electron chi connectivity index (χ3n) is 2.87. The average Bonchev–Trinajstić information content (AvgIpc) is 2.41. The van der Waals surface area contributed by atoms with E-state index in [2.05, 4.69) is 26.6 Å². The summed E-state index contributed by atoms with van der Waals surface area (Å²) in [5.74, 6) is -0.196. The minimum atomic E-state index is -0.196. The number of hydrogen-bond donors (Lipinski definition) is 2. The molecule has 0 saturated carbocycles. The molecule has 1 amide bonds. The number of aryl methyl sites for hydroxylation is 1. The first-order chi connectivity index (χ1) is 9.51. The van der Waals surface area contributed by atoms with Gasteiger partial charge in [0, 0.05) is 17.2 Å². The maximum absolute atomic E-state index is 12.3. The molecule has 0 heterocycles. The molecule has 0 radical (unpaired) electrons. The van der Waals surface area contributed by atoms with Crippen LogP contribution in [0.2, 0.25) is 5.02 Å². The third-order valence-corrected chi connectivity index (χ3v) is 3.67. The van der Waals surface area contributed by atoms with Crippen LogP contribution in [0, 0.1) is 6.92 Å². The molecule has 2 aromatic rings. The van der Waals surface area contributed by atoms with Crippen molar-refractivity contribution in [1.29, 1.82) is 0 Å². The molecule has 0 bridgehead atoms. The molecule has 2 rings (SSSR count). The molecule has 0 fully saturated rings. The molecular weight excluding hydrogens is 340 g/mol. The van der Waals surface area contributed by atoms with E-state index in [1.807, 2.05) is 25.1 Å². The van der Waals surface area contributed by atoms with E-state index in [9.17, 15) is 4.79 Å². The molecule has 0 saturated heterocycles. The molecule has 3 nitrogen and oxygen atoms in total. The monoisotopic (exact) mass is 352 g/mol. The van der Waals surface area contributed by atoms with Gasteiger partial charge in [-0.2, -0.15) is 0 Å². The van der Waals surface area contributed by atoms with Crippen LogP contribution < -0.4 is 10.6 Å². The van der Waals surface area contributed by atoms with Crippen LogP contribution in [-0.2, 0) is 0 Å². The topological polar surface area (TPSA) is 41.1 Å². The molecule has 0 aliphatic heterocycles. The molecule has 104 valence electrons. The smallest absolute Gasteiger partial charge is 0.257 e. The quantitative estimate of drug-likeness (QED) is 0.839. The van der Waals surface area contributed by atoms with Gasteiger partial charge in [-0.1, -0.05) is 33.6 Å². The van der Waals surface area contributed by atoms with Gasteiger partial charge < -0.3 is 10.6 Å². The molecule has 0 aliphatic carbocycles. The molecule has 0 aromatic heterocycles. The largest absolute Gasteiger partial charge is 0.387 e. The zero-order chi connectivity index (χ0) is 14.7. The number of amides is 1. The average molecular weight is 354 g/mol. The molecule has 5 heteroatoms. The molecule has 0 atom stereocenters. The van der Waals surface area contributed by atoms with Crippen molar-refractivity contribution in [3.8, 4) is 0 Å². The van der Waals surface area contributed by atoms with Crippen molar-refractivity contribution in [2.24, 2.45) is 0 Å². The van der Waals surface area contributed by atoms with Crippen LogP contribution in [0.5, 0.6) is 0 Å². The second-order valence-corrected chi connectivity index (χ2v) is 5.70. The first-order valence-electron chi connectivity index (χ1n) is 6.06. The van der Waals surface area contributed by atoms with E-state index in [1.54, 1.807) is 25.2 Å². The number of carbonyl (C=O) groups is 1. The zero-order valence-corrected chi connectivity index (χ0v) is 13.5. The molecule has 20 heavy (non-hydrogen) atoms. The van der Waals surface area contributed by atoms with Gasteiger partial charge in [-0.25, -0.2) is 0 Å². The number of carbonyl (C=O) groups excluding carboxylic acids is 1. The lowest BCUT2D eigenvalue weighted by molar-refractivity contribution is 0.102. The van der Waals surface area contributed by atoms with Crippen LogP contribution in [0.1, 0.15) is 15.9 Å². The number of rotatable bonds is 3. The minimum absolute atomic E-state index is 0.196. The molecule has 2 aromatic carbocycles. The maximum Gasteiger partial charge on any atom is 0.257 e. The van der Waals surface area contributed by atoms with Crippen molar-refractivity contribution in [3.05, 3.63) is 57.0 Å². The van der Waals surface area contributed by atoms with Crippen molar-refractivity contribution in [1.82, 2.24) is 0 Å². The van der Waals surface area contributed by atoms with E-state index in [1.165, 1.54) is 0 Å². The number of hydrogen-bond acceptors (Lipinski definition) is 2. The Morgan fingerprint density at radius 1 is 1.15 bits per heavy atom. The van der Waals surface area contributed by atoms with Gasteiger partial charge in [0.05, 0.1) is 16.3 Å². The van der Waals surface area contributed by atoms with Crippen molar-refractivity contribution < 1.29 is 4.79 Å². The number of anilines is 2. The fourth-order valence-electron chi connectivity index (χ4n) is 1.84. The Morgan fingerprint density at radius 3 is 2.55 bits per heavy atom. The molecule has 0 unspecified atom stereocenters. The lowest BCUT2D eigenvalue weighted by atomic mass is 10.1. The summed E-state index contributed by atoms with van der Waals surface area (Å²) >= 11 is 9.43. The van der Waals surface area contributed by atoms with Crippen molar-refractivity contribution in [2.75, 3.05) is 17.7 Å². The van der Waals surface area contributed by atoms with Crippen molar-refractivity contribution in [3.63, 3.8) is 0 Å². The number of benzene rings is 2. The van der Waals surface area contributed by atoms with Gasteiger partial charge in [0.1, 0.15) is 0 Å². The second kappa shape index (κ2) is 6.29. The molecular formula is C15H14BrClN2O. The van der Waals surface area contributed by atoms with Crippen LogP contribution in [-0.4, -0.2) is 13.0 Å². The van der Waals surface area contributed by atoms with E-state index in [4.69, 9.17) is 11.6 Å². The molecule has 0 aliphatic rings. The first kappa shape index (κ1) is 14.9. The lowest BCUT2D eigenvalue weighted by Gasteiger charge is -2.11. The Balaban J connectivity index is 2.28. The molecule has 2 N–H and O–H groups in total. The fourth-order valence-corrected chi connectivity index (χ4v) is 2.56. The van der Waals surface area contributed by atoms with Crippen LogP contribution in [0.15, 0.2) is 40.9 Å². The Bertz CT molecular complexity index is 658. The van der Waals surface area contributed by atoms with Crippen molar-refractivity contribution in [2.45, 2.75) is 6.92 Å². The third kappa shape index (κ3) is 3.32. The van der Waals surface area contributed by atoms with Crippen LogP contribution in [0.4, 0.5) is 11.4 Å². The summed E-state index contributed by atoms with van der Waals surface area (Å²) in [6.07, 6.45) is 0. The zero-order valence-electron chi connectivity index (χ0n) is 11.1. The first-order valence-corrected chi connectivity index (χ1v) is 7.23. The van der Waals surface area contributed by atoms with Gasteiger partial charge >= 0.3 is 0 Å². The van der Waals surface area contributed by atoms with Gasteiger partial charge in [0.2, 0.25) is 0 Å². The Labute approximate surface area is 131 Å². The van der Waals surface area contributed by atoms with Gasteiger partial charge in [0.25, 0.3) is 5.91 Å². The van der Waals surface area contributed by atoms with E-state index >= 15 is 0 Å². The summed E-state index contributed by atoms with van der Waals surface area (Å²) in [6, 6.07) is 11.0. The van der Waals surface area contributed by atoms with Gasteiger partial charge in [-0.3, -0.25) is 4.79 Å². The molecule has 0 spiro atoms. The van der Waals surface area contributed by atoms with E-state index in [0.717, 1.165) is 15.7 Å². The minimum Gasteiger partial charge on any atom is -0.387 e. The summed E-state index contributed by atoms with van der Waals surface area (Å²) in [4.78, 5) is 12.3. The number of halogens is 2. The highest BCUT2D eigenvalue weighted by Gasteiger charge is 2.12. The predicted octanol–water partition coefficient (Wildman–Crippen LogP) is 4.70. The Hall–Kier alpha value is -1.52. The maximum atomic E-state index is 12.3. The summed E-state index contributed by atoms with van der Waals surface area (Å²) in [7, 11) is 1.79. The van der Waals surface area contributed by atoms with Crippen molar-refractivity contribution >= 4 is 44.8 Å². The van der Waals surface area contributed by atoms with E-state index < -0.39 is 0 Å². The summed E-state index contributed by atoms with van der Waals surface area (Å²) < 4.78 is 0.867.